The van der Waals surface area contributed by atoms with Gasteiger partial charge in [-0.2, -0.15) is 0 Å². The molecule has 2 aliphatic rings. The molecule has 1 fully saturated rings. The second kappa shape index (κ2) is 4.18. The molecule has 0 unspecified atom stereocenters. The summed E-state index contributed by atoms with van der Waals surface area (Å²) in [6, 6.07) is 4.02. The third kappa shape index (κ3) is 1.94. The Balaban J connectivity index is 2.07. The topological polar surface area (TPSA) is 35.2 Å². The number of hydrogen-bond acceptors (Lipinski definition) is 2. The maximum absolute atomic E-state index is 6.58. The third-order valence-electron chi connectivity index (χ3n) is 4.03. The van der Waals surface area contributed by atoms with Crippen molar-refractivity contribution in [1.29, 1.82) is 0 Å². The highest BCUT2D eigenvalue weighted by Gasteiger charge is 2.34. The Bertz CT molecular complexity index is 438. The van der Waals surface area contributed by atoms with Gasteiger partial charge in [-0.3, -0.25) is 0 Å². The molecule has 0 spiro atoms. The molecule has 3 rings (SSSR count). The monoisotopic (exact) mass is 251 g/mol. The Kier molecular flexibility index (Phi) is 2.80. The molecule has 1 saturated carbocycles. The van der Waals surface area contributed by atoms with E-state index >= 15 is 0 Å². The minimum atomic E-state index is -0.225. The molecule has 2 N–H and O–H groups in total. The van der Waals surface area contributed by atoms with Crippen molar-refractivity contribution in [3.05, 3.63) is 28.3 Å². The van der Waals surface area contributed by atoms with Gasteiger partial charge in [-0.05, 0) is 30.5 Å². The van der Waals surface area contributed by atoms with Gasteiger partial charge in [-0.1, -0.05) is 30.9 Å². The van der Waals surface area contributed by atoms with E-state index in [1.165, 1.54) is 24.8 Å². The van der Waals surface area contributed by atoms with Crippen molar-refractivity contribution in [2.45, 2.75) is 44.1 Å². The summed E-state index contributed by atoms with van der Waals surface area (Å²) in [6.07, 6.45) is 6.75. The lowest BCUT2D eigenvalue weighted by atomic mass is 9.76. The van der Waals surface area contributed by atoms with E-state index in [0.29, 0.717) is 0 Å². The summed E-state index contributed by atoms with van der Waals surface area (Å²) in [5.41, 5.74) is 8.72. The maximum atomic E-state index is 6.58. The lowest BCUT2D eigenvalue weighted by Gasteiger charge is -2.35. The highest BCUT2D eigenvalue weighted by atomic mass is 35.5. The summed E-state index contributed by atoms with van der Waals surface area (Å²) >= 11 is 6.20. The molecule has 92 valence electrons. The molecule has 0 saturated heterocycles. The van der Waals surface area contributed by atoms with Crippen molar-refractivity contribution in [3.8, 4) is 5.75 Å². The van der Waals surface area contributed by atoms with Crippen molar-refractivity contribution in [3.63, 3.8) is 0 Å². The van der Waals surface area contributed by atoms with Gasteiger partial charge in [0.1, 0.15) is 5.75 Å². The van der Waals surface area contributed by atoms with Gasteiger partial charge in [0, 0.05) is 22.5 Å². The van der Waals surface area contributed by atoms with Crippen LogP contribution in [-0.2, 0) is 12.0 Å². The second-order valence-corrected chi connectivity index (χ2v) is 5.69. The SMILES string of the molecule is NC1(c2cc(Cl)cc3c2OCC3)CCCCC1. The van der Waals surface area contributed by atoms with Crippen LogP contribution in [0.1, 0.15) is 43.2 Å². The summed E-state index contributed by atoms with van der Waals surface area (Å²) in [5, 5.41) is 0.791. The van der Waals surface area contributed by atoms with Crippen molar-refractivity contribution in [2.75, 3.05) is 6.61 Å². The fourth-order valence-electron chi connectivity index (χ4n) is 3.09. The second-order valence-electron chi connectivity index (χ2n) is 5.26. The number of hydrogen-bond donors (Lipinski definition) is 1. The molecular weight excluding hydrogens is 234 g/mol. The van der Waals surface area contributed by atoms with Crippen LogP contribution >= 0.6 is 11.6 Å². The van der Waals surface area contributed by atoms with Crippen LogP contribution < -0.4 is 10.5 Å². The molecule has 1 heterocycles. The van der Waals surface area contributed by atoms with Crippen LogP contribution in [0.5, 0.6) is 5.75 Å². The minimum Gasteiger partial charge on any atom is -0.493 e. The maximum Gasteiger partial charge on any atom is 0.127 e. The molecule has 1 aromatic carbocycles. The third-order valence-corrected chi connectivity index (χ3v) is 4.25. The van der Waals surface area contributed by atoms with E-state index in [9.17, 15) is 0 Å². The van der Waals surface area contributed by atoms with Gasteiger partial charge in [0.15, 0.2) is 0 Å². The first-order valence-corrected chi connectivity index (χ1v) is 6.81. The van der Waals surface area contributed by atoms with Gasteiger partial charge in [0.25, 0.3) is 0 Å². The van der Waals surface area contributed by atoms with E-state index in [4.69, 9.17) is 22.1 Å². The van der Waals surface area contributed by atoms with Gasteiger partial charge >= 0.3 is 0 Å². The van der Waals surface area contributed by atoms with E-state index in [1.807, 2.05) is 12.1 Å². The summed E-state index contributed by atoms with van der Waals surface area (Å²) < 4.78 is 5.76. The van der Waals surface area contributed by atoms with Crippen LogP contribution in [0.15, 0.2) is 12.1 Å². The van der Waals surface area contributed by atoms with Gasteiger partial charge in [-0.25, -0.2) is 0 Å². The molecule has 1 aliphatic heterocycles. The van der Waals surface area contributed by atoms with Crippen molar-refractivity contribution in [2.24, 2.45) is 5.73 Å². The van der Waals surface area contributed by atoms with E-state index < -0.39 is 0 Å². The van der Waals surface area contributed by atoms with Crippen LogP contribution in [0, 0.1) is 0 Å². The Labute approximate surface area is 107 Å². The average molecular weight is 252 g/mol. The van der Waals surface area contributed by atoms with Crippen LogP contribution in [0.2, 0.25) is 5.02 Å². The van der Waals surface area contributed by atoms with Crippen molar-refractivity contribution in [1.82, 2.24) is 0 Å². The fraction of sp³-hybridized carbons (Fsp3) is 0.571. The number of benzene rings is 1. The molecular formula is C14H18ClNO. The first-order valence-electron chi connectivity index (χ1n) is 6.44. The summed E-state index contributed by atoms with van der Waals surface area (Å²) in [6.45, 7) is 0.763. The zero-order valence-corrected chi connectivity index (χ0v) is 10.7. The highest BCUT2D eigenvalue weighted by Crippen LogP contribution is 2.43. The van der Waals surface area contributed by atoms with Crippen LogP contribution in [0.3, 0.4) is 0 Å². The number of fused-ring (bicyclic) bond motifs is 1. The number of rotatable bonds is 1. The van der Waals surface area contributed by atoms with Gasteiger partial charge in [-0.15, -0.1) is 0 Å². The van der Waals surface area contributed by atoms with E-state index in [2.05, 4.69) is 0 Å². The summed E-state index contributed by atoms with van der Waals surface area (Å²) in [7, 11) is 0. The minimum absolute atomic E-state index is 0.225. The number of nitrogens with two attached hydrogens (primary N) is 1. The Morgan fingerprint density at radius 1 is 1.18 bits per heavy atom. The fourth-order valence-corrected chi connectivity index (χ4v) is 3.33. The van der Waals surface area contributed by atoms with Crippen LogP contribution in [0.4, 0.5) is 0 Å². The lowest BCUT2D eigenvalue weighted by Crippen LogP contribution is -2.38. The Hall–Kier alpha value is -0.730. The van der Waals surface area contributed by atoms with Gasteiger partial charge in [0.05, 0.1) is 6.61 Å². The standard InChI is InChI=1S/C14H18ClNO/c15-11-8-10-4-7-17-13(10)12(9-11)14(16)5-2-1-3-6-14/h8-9H,1-7,16H2. The predicted molar refractivity (Wildman–Crippen MR) is 69.6 cm³/mol. The normalized spacial score (nSPS) is 22.0. The number of halogens is 1. The molecule has 3 heteroatoms. The smallest absolute Gasteiger partial charge is 0.127 e. The van der Waals surface area contributed by atoms with E-state index in [1.54, 1.807) is 0 Å². The molecule has 0 bridgehead atoms. The number of ether oxygens (including phenoxy) is 1. The van der Waals surface area contributed by atoms with Gasteiger partial charge in [0.2, 0.25) is 0 Å². The highest BCUT2D eigenvalue weighted by molar-refractivity contribution is 6.30. The first kappa shape index (κ1) is 11.4. The summed E-state index contributed by atoms with van der Waals surface area (Å²) in [4.78, 5) is 0. The molecule has 0 radical (unpaired) electrons. The molecule has 2 nitrogen and oxygen atoms in total. The summed E-state index contributed by atoms with van der Waals surface area (Å²) in [5.74, 6) is 1.01. The average Bonchev–Trinajstić information content (AvgIpc) is 2.76. The van der Waals surface area contributed by atoms with Crippen molar-refractivity contribution < 1.29 is 4.74 Å². The Morgan fingerprint density at radius 3 is 2.71 bits per heavy atom. The van der Waals surface area contributed by atoms with Gasteiger partial charge < -0.3 is 10.5 Å². The molecule has 0 amide bonds. The molecule has 0 atom stereocenters. The lowest BCUT2D eigenvalue weighted by molar-refractivity contribution is 0.283. The Morgan fingerprint density at radius 2 is 1.94 bits per heavy atom. The molecule has 1 aromatic rings. The molecule has 1 aliphatic carbocycles. The zero-order valence-electron chi connectivity index (χ0n) is 9.97. The van der Waals surface area contributed by atoms with E-state index in [0.717, 1.165) is 42.2 Å². The zero-order chi connectivity index (χ0) is 11.9. The van der Waals surface area contributed by atoms with Crippen LogP contribution in [-0.4, -0.2) is 6.61 Å². The predicted octanol–water partition coefficient (Wildman–Crippen LogP) is 3.39. The quantitative estimate of drug-likeness (QED) is 0.830. The largest absolute Gasteiger partial charge is 0.493 e. The first-order chi connectivity index (χ1) is 8.19. The molecule has 0 aromatic heterocycles. The van der Waals surface area contributed by atoms with E-state index in [-0.39, 0.29) is 5.54 Å². The van der Waals surface area contributed by atoms with Crippen molar-refractivity contribution >= 4 is 11.6 Å². The van der Waals surface area contributed by atoms with Crippen LogP contribution in [0.25, 0.3) is 0 Å². The molecule has 17 heavy (non-hydrogen) atoms.